The number of aliphatic hydroxyl groups is 1. The Bertz CT molecular complexity index is 1600. The largest absolute Gasteiger partial charge is 0.481 e. The van der Waals surface area contributed by atoms with E-state index in [2.05, 4.69) is 10.2 Å². The number of piperidine rings is 2. The molecule has 5 N–H and O–H groups in total. The molecule has 0 spiro atoms. The number of rotatable bonds is 15. The van der Waals surface area contributed by atoms with E-state index in [0.717, 1.165) is 44.5 Å². The molecule has 14 nitrogen and oxygen atoms in total. The number of halogens is 2. The van der Waals surface area contributed by atoms with E-state index in [1.807, 2.05) is 67.4 Å². The van der Waals surface area contributed by atoms with Gasteiger partial charge in [0.2, 0.25) is 11.8 Å². The highest BCUT2D eigenvalue weighted by Crippen LogP contribution is 2.34. The number of carbonyl (C=O) groups excluding carboxylic acids is 3. The Labute approximate surface area is 318 Å². The van der Waals surface area contributed by atoms with Crippen molar-refractivity contribution in [2.75, 3.05) is 46.3 Å². The first-order chi connectivity index (χ1) is 25.0. The molecule has 0 radical (unpaired) electrons. The summed E-state index contributed by atoms with van der Waals surface area (Å²) in [5, 5.41) is 37.8. The predicted octanol–water partition coefficient (Wildman–Crippen LogP) is 3.97. The number of benzene rings is 2. The molecule has 2 aliphatic heterocycles. The number of likely N-dealkylation sites (tertiary alicyclic amines) is 2. The van der Waals surface area contributed by atoms with E-state index in [4.69, 9.17) is 43.6 Å². The Morgan fingerprint density at radius 2 is 1.55 bits per heavy atom. The molecule has 2 aromatic rings. The Kier molecular flexibility index (Phi) is 16.1. The Morgan fingerprint density at radius 3 is 2.08 bits per heavy atom. The molecule has 0 aromatic heterocycles. The van der Waals surface area contributed by atoms with E-state index in [-0.39, 0.29) is 23.6 Å². The quantitative estimate of drug-likeness (QED) is 0.175. The van der Waals surface area contributed by atoms with Crippen molar-refractivity contribution in [2.45, 2.75) is 75.3 Å². The number of hydrogen-bond donors (Lipinski definition) is 5. The summed E-state index contributed by atoms with van der Waals surface area (Å²) < 4.78 is 0. The lowest BCUT2D eigenvalue weighted by atomic mass is 9.82. The van der Waals surface area contributed by atoms with Crippen molar-refractivity contribution in [3.63, 3.8) is 0 Å². The first-order valence-electron chi connectivity index (χ1n) is 17.5. The Hall–Kier alpha value is -4.24. The van der Waals surface area contributed by atoms with Crippen LogP contribution in [0.15, 0.2) is 48.5 Å². The normalized spacial score (nSPS) is 16.5. The number of nitrogens with zero attached hydrogens (tertiary/aromatic N) is 3. The number of likely N-dealkylation sites (N-methyl/N-ethyl adjacent to an activating group) is 2. The molecule has 2 aromatic carbocycles. The average Bonchev–Trinajstić information content (AvgIpc) is 3.11. The standard InChI is InChI=1S/C31H40Cl2N4O3.C6H8O7/c1-3-34-30(40)31(37-17-8-7-11-28(37)38)15-19-36(20-16-31)18-14-25(24-12-13-26(32)27(33)21-24)22-35(2)29(39)23-9-5-4-6-10-23;7-3(8)1-6(13,5(11)12)2-4(9)10/h4-6,9-10,12-13,21,25H,3,7-8,11,14-20,22H2,1-2H3,(H,34,40);13H,1-2H2,(H,7,8)(H,9,10)(H,11,12)/t25-;/m1./s1. The number of amides is 3. The van der Waals surface area contributed by atoms with Gasteiger partial charge >= 0.3 is 17.9 Å². The van der Waals surface area contributed by atoms with Crippen molar-refractivity contribution in [3.8, 4) is 0 Å². The van der Waals surface area contributed by atoms with Crippen LogP contribution >= 0.6 is 23.2 Å². The number of hydrogen-bond acceptors (Lipinski definition) is 8. The fraction of sp³-hybridized carbons (Fsp3) is 0.514. The Morgan fingerprint density at radius 1 is 0.925 bits per heavy atom. The molecule has 53 heavy (non-hydrogen) atoms. The second-order valence-electron chi connectivity index (χ2n) is 13.4. The molecule has 0 saturated carbocycles. The van der Waals surface area contributed by atoms with Crippen LogP contribution < -0.4 is 5.32 Å². The van der Waals surface area contributed by atoms with Crippen LogP contribution in [0, 0.1) is 0 Å². The summed E-state index contributed by atoms with van der Waals surface area (Å²) in [7, 11) is 1.83. The van der Waals surface area contributed by atoms with Crippen LogP contribution in [0.1, 0.15) is 80.1 Å². The summed E-state index contributed by atoms with van der Waals surface area (Å²) in [6.45, 7) is 5.91. The van der Waals surface area contributed by atoms with Gasteiger partial charge in [-0.2, -0.15) is 0 Å². The lowest BCUT2D eigenvalue weighted by molar-refractivity contribution is -0.170. The number of carboxylic acids is 3. The molecule has 0 bridgehead atoms. The summed E-state index contributed by atoms with van der Waals surface area (Å²) in [6.07, 6.45) is 2.11. The highest BCUT2D eigenvalue weighted by Gasteiger charge is 2.48. The van der Waals surface area contributed by atoms with E-state index in [9.17, 15) is 28.8 Å². The van der Waals surface area contributed by atoms with Crippen molar-refractivity contribution in [2.24, 2.45) is 0 Å². The molecule has 2 heterocycles. The second-order valence-corrected chi connectivity index (χ2v) is 14.2. The molecule has 290 valence electrons. The minimum absolute atomic E-state index is 0.0263. The van der Waals surface area contributed by atoms with Crippen molar-refractivity contribution in [3.05, 3.63) is 69.7 Å². The van der Waals surface area contributed by atoms with Gasteiger partial charge < -0.3 is 40.4 Å². The maximum atomic E-state index is 13.3. The van der Waals surface area contributed by atoms with Gasteiger partial charge in [-0.25, -0.2) is 4.79 Å². The number of aliphatic carboxylic acids is 3. The van der Waals surface area contributed by atoms with Crippen molar-refractivity contribution in [1.82, 2.24) is 20.0 Å². The number of carboxylic acid groups (broad SMARTS) is 3. The van der Waals surface area contributed by atoms with E-state index in [1.165, 1.54) is 0 Å². The van der Waals surface area contributed by atoms with Crippen LogP contribution in [0.25, 0.3) is 0 Å². The molecule has 2 aliphatic rings. The highest BCUT2D eigenvalue weighted by molar-refractivity contribution is 6.42. The zero-order valence-corrected chi connectivity index (χ0v) is 31.4. The second kappa shape index (κ2) is 19.7. The third kappa shape index (κ3) is 11.9. The third-order valence-electron chi connectivity index (χ3n) is 9.64. The maximum Gasteiger partial charge on any atom is 0.336 e. The fourth-order valence-electron chi connectivity index (χ4n) is 6.75. The maximum absolute atomic E-state index is 13.3. The average molecular weight is 780 g/mol. The van der Waals surface area contributed by atoms with E-state index < -0.39 is 41.9 Å². The van der Waals surface area contributed by atoms with Gasteiger partial charge in [-0.3, -0.25) is 24.0 Å². The summed E-state index contributed by atoms with van der Waals surface area (Å²) in [6, 6.07) is 15.0. The smallest absolute Gasteiger partial charge is 0.336 e. The van der Waals surface area contributed by atoms with Gasteiger partial charge in [-0.05, 0) is 75.4 Å². The topological polar surface area (TPSA) is 205 Å². The summed E-state index contributed by atoms with van der Waals surface area (Å²) in [4.78, 5) is 75.7. The first kappa shape index (κ1) is 43.2. The van der Waals surface area contributed by atoms with Crippen LogP contribution in [0.2, 0.25) is 10.0 Å². The van der Waals surface area contributed by atoms with Crippen LogP contribution in [0.5, 0.6) is 0 Å². The van der Waals surface area contributed by atoms with Gasteiger partial charge in [-0.1, -0.05) is 47.5 Å². The minimum Gasteiger partial charge on any atom is -0.481 e. The van der Waals surface area contributed by atoms with Gasteiger partial charge in [-0.15, -0.1) is 0 Å². The molecule has 0 aliphatic carbocycles. The van der Waals surface area contributed by atoms with Crippen molar-refractivity contribution < 1.29 is 49.2 Å². The fourth-order valence-corrected chi connectivity index (χ4v) is 7.05. The molecule has 4 rings (SSSR count). The van der Waals surface area contributed by atoms with Gasteiger partial charge in [0.05, 0.1) is 22.9 Å². The van der Waals surface area contributed by atoms with Gasteiger partial charge in [0, 0.05) is 57.7 Å². The summed E-state index contributed by atoms with van der Waals surface area (Å²) in [5.41, 5.74) is -1.81. The molecule has 0 unspecified atom stereocenters. The van der Waals surface area contributed by atoms with Crippen LogP contribution in [-0.4, -0.2) is 128 Å². The van der Waals surface area contributed by atoms with Crippen LogP contribution in [0.4, 0.5) is 0 Å². The first-order valence-corrected chi connectivity index (χ1v) is 18.2. The lowest BCUT2D eigenvalue weighted by Gasteiger charge is -2.49. The highest BCUT2D eigenvalue weighted by atomic mass is 35.5. The molecular formula is C37H48Cl2N4O10. The molecule has 2 fully saturated rings. The minimum atomic E-state index is -2.74. The monoisotopic (exact) mass is 778 g/mol. The van der Waals surface area contributed by atoms with Crippen LogP contribution in [0.3, 0.4) is 0 Å². The van der Waals surface area contributed by atoms with E-state index in [1.54, 1.807) is 4.90 Å². The van der Waals surface area contributed by atoms with Gasteiger partial charge in [0.15, 0.2) is 5.60 Å². The predicted molar refractivity (Wildman–Crippen MR) is 197 cm³/mol. The van der Waals surface area contributed by atoms with Gasteiger partial charge in [0.25, 0.3) is 5.91 Å². The molecule has 16 heteroatoms. The van der Waals surface area contributed by atoms with Crippen molar-refractivity contribution in [1.29, 1.82) is 0 Å². The molecular weight excluding hydrogens is 731 g/mol. The molecule has 1 atom stereocenters. The van der Waals surface area contributed by atoms with Crippen molar-refractivity contribution >= 4 is 58.8 Å². The lowest BCUT2D eigenvalue weighted by Crippen LogP contribution is -2.65. The summed E-state index contributed by atoms with van der Waals surface area (Å²) in [5.74, 6) is -4.93. The number of nitrogens with one attached hydrogen (secondary N) is 1. The zero-order valence-electron chi connectivity index (χ0n) is 29.9. The third-order valence-corrected chi connectivity index (χ3v) is 10.4. The SMILES string of the molecule is CCNC(=O)C1(N2CCCCC2=O)CCN(CC[C@H](CN(C)C(=O)c2ccccc2)c2ccc(Cl)c(Cl)c2)CC1.O=C(O)CC(O)(CC(=O)O)C(=O)O. The Balaban J connectivity index is 0.000000496. The van der Waals surface area contributed by atoms with Crippen LogP contribution in [-0.2, 0) is 24.0 Å². The zero-order chi connectivity index (χ0) is 39.3. The summed E-state index contributed by atoms with van der Waals surface area (Å²) >= 11 is 12.6. The van der Waals surface area contributed by atoms with Gasteiger partial charge in [0.1, 0.15) is 5.54 Å². The van der Waals surface area contributed by atoms with E-state index in [0.29, 0.717) is 54.5 Å². The van der Waals surface area contributed by atoms with E-state index >= 15 is 0 Å². The molecule has 3 amide bonds. The molecule has 2 saturated heterocycles. The number of carbonyl (C=O) groups is 6.